The maximum absolute atomic E-state index is 14.1. The highest BCUT2D eigenvalue weighted by Gasteiger charge is 2.23. The summed E-state index contributed by atoms with van der Waals surface area (Å²) in [5.41, 5.74) is -0.418. The summed E-state index contributed by atoms with van der Waals surface area (Å²) >= 11 is 13.0. The number of hydrogen-bond acceptors (Lipinski definition) is 9. The first-order chi connectivity index (χ1) is 22.5. The van der Waals surface area contributed by atoms with Crippen molar-refractivity contribution in [2.24, 2.45) is 0 Å². The van der Waals surface area contributed by atoms with E-state index in [1.54, 1.807) is 24.3 Å². The molecule has 0 spiro atoms. The lowest BCUT2D eigenvalue weighted by molar-refractivity contribution is -0.385. The van der Waals surface area contributed by atoms with E-state index in [-0.39, 0.29) is 49.4 Å². The van der Waals surface area contributed by atoms with Gasteiger partial charge in [-0.25, -0.2) is 4.39 Å². The monoisotopic (exact) mass is 689 g/mol. The van der Waals surface area contributed by atoms with Gasteiger partial charge in [-0.3, -0.25) is 24.3 Å². The Bertz CT molecular complexity index is 2370. The van der Waals surface area contributed by atoms with Gasteiger partial charge in [0.05, 0.1) is 20.2 Å². The number of rotatable bonds is 7. The average Bonchev–Trinajstić information content (AvgIpc) is 3.64. The van der Waals surface area contributed by atoms with Gasteiger partial charge in [0.1, 0.15) is 33.6 Å². The van der Waals surface area contributed by atoms with Crippen LogP contribution in [0.2, 0.25) is 10.0 Å². The second kappa shape index (κ2) is 12.7. The van der Waals surface area contributed by atoms with E-state index in [0.717, 1.165) is 23.5 Å². The highest BCUT2D eigenvalue weighted by Crippen LogP contribution is 2.34. The second-order valence-corrected chi connectivity index (χ2v) is 11.9. The second-order valence-electron chi connectivity index (χ2n) is 10.0. The molecule has 0 bridgehead atoms. The first kappa shape index (κ1) is 31.5. The zero-order valence-electron chi connectivity index (χ0n) is 24.0. The first-order valence-electron chi connectivity index (χ1n) is 13.5. The normalized spacial score (nSPS) is 12.9. The van der Waals surface area contributed by atoms with Crippen LogP contribution in [-0.2, 0) is 0 Å². The minimum absolute atomic E-state index is 0.0257. The van der Waals surface area contributed by atoms with Gasteiger partial charge < -0.3 is 14.2 Å². The number of nitrogens with zero attached hydrogens (tertiary/aromatic N) is 3. The van der Waals surface area contributed by atoms with Crippen molar-refractivity contribution in [3.8, 4) is 34.8 Å². The van der Waals surface area contributed by atoms with E-state index < -0.39 is 27.7 Å². The Morgan fingerprint density at radius 1 is 1.09 bits per heavy atom. The molecule has 1 aromatic heterocycles. The largest absolute Gasteiger partial charge is 0.457 e. The van der Waals surface area contributed by atoms with E-state index in [4.69, 9.17) is 37.4 Å². The minimum Gasteiger partial charge on any atom is -0.457 e. The summed E-state index contributed by atoms with van der Waals surface area (Å²) in [6.45, 7) is 1.50. The number of carbonyl (C=O) groups is 1. The number of nitro groups is 1. The Morgan fingerprint density at radius 3 is 2.62 bits per heavy atom. The number of carbonyl (C=O) groups excluding carboxylic acids is 1. The molecule has 0 aliphatic carbocycles. The number of thiazole rings is 1. The summed E-state index contributed by atoms with van der Waals surface area (Å²) < 4.78 is 31.8. The van der Waals surface area contributed by atoms with Crippen LogP contribution in [0.15, 0.2) is 77.6 Å². The number of benzene rings is 4. The number of nitro benzene ring substituents is 1. The fourth-order valence-corrected chi connectivity index (χ4v) is 6.15. The number of hydrogen-bond donors (Lipinski definition) is 0. The lowest BCUT2D eigenvalue weighted by Gasteiger charge is -2.10. The van der Waals surface area contributed by atoms with Crippen LogP contribution >= 0.6 is 34.5 Å². The van der Waals surface area contributed by atoms with Gasteiger partial charge in [-0.05, 0) is 49.4 Å². The molecule has 1 aliphatic heterocycles. The molecule has 0 atom stereocenters. The van der Waals surface area contributed by atoms with E-state index in [9.17, 15) is 29.4 Å². The molecule has 10 nitrogen and oxygen atoms in total. The van der Waals surface area contributed by atoms with E-state index >= 15 is 0 Å². The van der Waals surface area contributed by atoms with Crippen molar-refractivity contribution < 1.29 is 28.3 Å². The molecule has 6 rings (SSSR count). The summed E-state index contributed by atoms with van der Waals surface area (Å²) in [6.07, 6.45) is 1.49. The van der Waals surface area contributed by atoms with Crippen LogP contribution in [0, 0.1) is 34.2 Å². The van der Waals surface area contributed by atoms with Crippen LogP contribution in [-0.4, -0.2) is 22.1 Å². The molecule has 4 aromatic carbocycles. The van der Waals surface area contributed by atoms with Crippen LogP contribution in [0.3, 0.4) is 0 Å². The molecule has 0 saturated carbocycles. The number of ether oxygens (including phenoxy) is 3. The smallest absolute Gasteiger partial charge is 0.273 e. The predicted molar refractivity (Wildman–Crippen MR) is 173 cm³/mol. The summed E-state index contributed by atoms with van der Waals surface area (Å²) in [7, 11) is 0. The van der Waals surface area contributed by atoms with Gasteiger partial charge in [0.25, 0.3) is 11.2 Å². The van der Waals surface area contributed by atoms with Gasteiger partial charge in [0.2, 0.25) is 12.6 Å². The van der Waals surface area contributed by atoms with E-state index in [1.165, 1.54) is 54.0 Å². The number of aromatic nitrogens is 1. The summed E-state index contributed by atoms with van der Waals surface area (Å²) in [6, 6.07) is 18.9. The summed E-state index contributed by atoms with van der Waals surface area (Å²) in [5, 5.41) is 22.0. The topological polar surface area (TPSA) is 134 Å². The van der Waals surface area contributed by atoms with E-state index in [2.05, 4.69) is 0 Å². The van der Waals surface area contributed by atoms with Crippen molar-refractivity contribution in [2.75, 3.05) is 6.79 Å². The molecule has 0 fully saturated rings. The summed E-state index contributed by atoms with van der Waals surface area (Å²) in [4.78, 5) is 38.8. The predicted octanol–water partition coefficient (Wildman–Crippen LogP) is 6.47. The Labute approximate surface area is 278 Å². The molecule has 0 saturated heterocycles. The number of nitriles is 1. The number of Topliss-reactive ketones (excluding diaryl/α,β-unsaturated/α-hetero) is 1. The molecule has 234 valence electrons. The van der Waals surface area contributed by atoms with Crippen molar-refractivity contribution in [1.29, 1.82) is 5.26 Å². The molecular formula is C33H18Cl2FN3O7S. The van der Waals surface area contributed by atoms with Crippen molar-refractivity contribution in [2.45, 2.75) is 6.92 Å². The quantitative estimate of drug-likeness (QED) is 0.108. The number of fused-ring (bicyclic) bond motifs is 1. The molecule has 5 aromatic rings. The van der Waals surface area contributed by atoms with Crippen molar-refractivity contribution >= 4 is 57.7 Å². The molecule has 0 N–H and O–H groups in total. The van der Waals surface area contributed by atoms with Gasteiger partial charge in [-0.15, -0.1) is 11.3 Å². The molecule has 1 aliphatic rings. The Kier molecular flexibility index (Phi) is 8.53. The Morgan fingerprint density at radius 2 is 1.87 bits per heavy atom. The fourth-order valence-electron chi connectivity index (χ4n) is 4.72. The third-order valence-electron chi connectivity index (χ3n) is 7.04. The molecule has 0 amide bonds. The van der Waals surface area contributed by atoms with Crippen LogP contribution in [0.1, 0.15) is 21.5 Å². The maximum Gasteiger partial charge on any atom is 0.273 e. The number of halogens is 3. The zero-order chi connectivity index (χ0) is 33.4. The standard InChI is InChI=1S/C33H18Cl2FN3O7S/c1-17-2-3-19(10-26(17)39(42)43)31(40)23(15-37)33-38(21-6-9-27-29(13-21)45-16-44-27)32(41)30(47-33)11-18-4-5-20(34)12-28(18)46-22-7-8-25(36)24(35)14-22/h2-14H,16H2,1H3/b30-11-,33-23-. The van der Waals surface area contributed by atoms with Crippen molar-refractivity contribution in [3.63, 3.8) is 0 Å². The lowest BCUT2D eigenvalue weighted by atomic mass is 10.0. The van der Waals surface area contributed by atoms with Gasteiger partial charge in [-0.1, -0.05) is 35.3 Å². The van der Waals surface area contributed by atoms with Crippen LogP contribution in [0.25, 0.3) is 17.3 Å². The summed E-state index contributed by atoms with van der Waals surface area (Å²) in [5.74, 6) is -0.246. The Hall–Kier alpha value is -5.48. The molecular weight excluding hydrogens is 672 g/mol. The van der Waals surface area contributed by atoms with Crippen molar-refractivity contribution in [1.82, 2.24) is 4.57 Å². The lowest BCUT2D eigenvalue weighted by Crippen LogP contribution is -2.31. The molecule has 14 heteroatoms. The van der Waals surface area contributed by atoms with Crippen LogP contribution in [0.4, 0.5) is 10.1 Å². The Balaban J connectivity index is 1.58. The minimum atomic E-state index is -0.818. The SMILES string of the molecule is Cc1ccc(C(=O)/C(C#N)=c2\s/c(=C\c3ccc(Cl)cc3Oc3ccc(F)c(Cl)c3)c(=O)n2-c2ccc3c(c2)OCO3)cc1[N+](=O)[O-]. The van der Waals surface area contributed by atoms with E-state index in [0.29, 0.717) is 27.6 Å². The van der Waals surface area contributed by atoms with Gasteiger partial charge >= 0.3 is 0 Å². The highest BCUT2D eigenvalue weighted by molar-refractivity contribution is 7.07. The van der Waals surface area contributed by atoms with Crippen LogP contribution in [0.5, 0.6) is 23.0 Å². The fraction of sp³-hybridized carbons (Fsp3) is 0.0606. The molecule has 2 heterocycles. The first-order valence-corrected chi connectivity index (χ1v) is 15.1. The van der Waals surface area contributed by atoms with Crippen LogP contribution < -0.4 is 29.0 Å². The number of aryl methyl sites for hydroxylation is 1. The van der Waals surface area contributed by atoms with Gasteiger partial charge in [0, 0.05) is 46.0 Å². The van der Waals surface area contributed by atoms with Crippen molar-refractivity contribution in [3.05, 3.63) is 135 Å². The third-order valence-corrected chi connectivity index (χ3v) is 8.66. The average molecular weight is 690 g/mol. The van der Waals surface area contributed by atoms with Gasteiger partial charge in [-0.2, -0.15) is 5.26 Å². The molecule has 0 unspecified atom stereocenters. The third kappa shape index (κ3) is 6.19. The highest BCUT2D eigenvalue weighted by atomic mass is 35.5. The molecule has 0 radical (unpaired) electrons. The maximum atomic E-state index is 14.1. The zero-order valence-corrected chi connectivity index (χ0v) is 26.3. The number of ketones is 1. The van der Waals surface area contributed by atoms with Gasteiger partial charge in [0.15, 0.2) is 11.5 Å². The molecule has 47 heavy (non-hydrogen) atoms. The van der Waals surface area contributed by atoms with E-state index in [1.807, 2.05) is 6.07 Å².